The smallest absolute Gasteiger partial charge is 0.404 e. The Balaban J connectivity index is 1.42. The normalized spacial score (nSPS) is 31.9. The molecule has 1 aromatic carbocycles. The van der Waals surface area contributed by atoms with E-state index < -0.39 is 41.3 Å². The van der Waals surface area contributed by atoms with Crippen molar-refractivity contribution in [2.24, 2.45) is 17.6 Å². The molecule has 4 heterocycles. The molecule has 0 saturated carbocycles. The van der Waals surface area contributed by atoms with E-state index in [2.05, 4.69) is 0 Å². The van der Waals surface area contributed by atoms with Crippen molar-refractivity contribution >= 4 is 35.3 Å². The van der Waals surface area contributed by atoms with Crippen LogP contribution in [0.1, 0.15) is 6.92 Å². The Labute approximate surface area is 228 Å². The van der Waals surface area contributed by atoms with Crippen molar-refractivity contribution < 1.29 is 42.9 Å². The van der Waals surface area contributed by atoms with Gasteiger partial charge in [-0.1, -0.05) is 12.1 Å². The van der Waals surface area contributed by atoms with Crippen LogP contribution in [-0.2, 0) is 33.3 Å². The third kappa shape index (κ3) is 3.49. The standard InChI is InChI=1S/C26H29N3O9S/c1-13(30)29-16-10-28-20-19(14(11-36-24(27)33)25(28,35-3)22(16)29)23(32)26(37-8-9-38-26)15(21(20)31)12-39-18-7-5-4-6-17(18)34-2/h4-7,14-16,22H,8-12H2,1-3H3,(H2,27,33)/t14-,15?,16+,22+,25-,29?/m1/s1. The average molecular weight is 560 g/mol. The maximum absolute atomic E-state index is 14.4. The summed E-state index contributed by atoms with van der Waals surface area (Å²) in [5, 5.41) is 0. The number of hydrogen-bond donors (Lipinski definition) is 1. The minimum atomic E-state index is -1.83. The van der Waals surface area contributed by atoms with Crippen molar-refractivity contribution in [3.63, 3.8) is 0 Å². The molecular weight excluding hydrogens is 530 g/mol. The van der Waals surface area contributed by atoms with Crippen molar-refractivity contribution in [1.82, 2.24) is 9.80 Å². The molecule has 1 aliphatic carbocycles. The number of fused-ring (bicyclic) bond motifs is 4. The molecule has 1 aromatic rings. The predicted octanol–water partition coefficient (Wildman–Crippen LogP) is 0.535. The number of nitrogens with zero attached hydrogens (tertiary/aromatic N) is 2. The second-order valence-electron chi connectivity index (χ2n) is 10.0. The molecule has 5 atom stereocenters. The third-order valence-corrected chi connectivity index (χ3v) is 9.51. The van der Waals surface area contributed by atoms with Crippen molar-refractivity contribution in [2.75, 3.05) is 46.3 Å². The first-order valence-electron chi connectivity index (χ1n) is 12.6. The van der Waals surface area contributed by atoms with Crippen molar-refractivity contribution in [2.45, 2.75) is 35.4 Å². The third-order valence-electron chi connectivity index (χ3n) is 8.36. The number of primary amides is 1. The second kappa shape index (κ2) is 9.22. The quantitative estimate of drug-likeness (QED) is 0.369. The zero-order chi connectivity index (χ0) is 27.7. The van der Waals surface area contributed by atoms with E-state index in [4.69, 9.17) is 29.4 Å². The van der Waals surface area contributed by atoms with Crippen LogP contribution in [0.4, 0.5) is 4.79 Å². The number of hydrogen-bond acceptors (Lipinski definition) is 11. The number of benzene rings is 1. The van der Waals surface area contributed by atoms with Gasteiger partial charge in [-0.15, -0.1) is 11.8 Å². The molecule has 208 valence electrons. The van der Waals surface area contributed by atoms with Crippen LogP contribution < -0.4 is 10.5 Å². The highest BCUT2D eigenvalue weighted by atomic mass is 32.2. The van der Waals surface area contributed by atoms with E-state index in [0.29, 0.717) is 12.3 Å². The highest BCUT2D eigenvalue weighted by Gasteiger charge is 2.79. The van der Waals surface area contributed by atoms with E-state index in [0.717, 1.165) is 4.90 Å². The summed E-state index contributed by atoms with van der Waals surface area (Å²) in [5.41, 5.74) is 4.33. The largest absolute Gasteiger partial charge is 0.496 e. The van der Waals surface area contributed by atoms with Crippen LogP contribution in [0.25, 0.3) is 0 Å². The molecule has 2 N–H and O–H groups in total. The van der Waals surface area contributed by atoms with Crippen molar-refractivity contribution in [3.05, 3.63) is 35.5 Å². The predicted molar refractivity (Wildman–Crippen MR) is 134 cm³/mol. The molecule has 0 aromatic heterocycles. The Kier molecular flexibility index (Phi) is 6.17. The summed E-state index contributed by atoms with van der Waals surface area (Å²) in [7, 11) is 3.03. The van der Waals surface area contributed by atoms with Gasteiger partial charge in [0.25, 0.3) is 0 Å². The highest BCUT2D eigenvalue weighted by molar-refractivity contribution is 7.99. The number of piperazine rings is 1. The lowest BCUT2D eigenvalue weighted by atomic mass is 9.76. The van der Waals surface area contributed by atoms with Crippen LogP contribution in [0.2, 0.25) is 0 Å². The zero-order valence-electron chi connectivity index (χ0n) is 21.7. The fourth-order valence-electron chi connectivity index (χ4n) is 6.85. The fourth-order valence-corrected chi connectivity index (χ4v) is 8.04. The highest BCUT2D eigenvalue weighted by Crippen LogP contribution is 2.61. The summed E-state index contributed by atoms with van der Waals surface area (Å²) < 4.78 is 28.7. The monoisotopic (exact) mass is 559 g/mol. The molecule has 3 fully saturated rings. The van der Waals surface area contributed by atoms with Gasteiger partial charge in [0.15, 0.2) is 11.5 Å². The number of carbonyl (C=O) groups excluding carboxylic acids is 4. The van der Waals surface area contributed by atoms with Gasteiger partial charge in [-0.3, -0.25) is 14.4 Å². The molecular formula is C26H29N3O9S. The van der Waals surface area contributed by atoms with Crippen LogP contribution in [0.5, 0.6) is 5.75 Å². The minimum absolute atomic E-state index is 0.123. The van der Waals surface area contributed by atoms with Crippen LogP contribution in [-0.4, -0.2) is 103 Å². The van der Waals surface area contributed by atoms with Crippen LogP contribution in [0, 0.1) is 11.8 Å². The molecule has 1 spiro atoms. The maximum atomic E-state index is 14.4. The van der Waals surface area contributed by atoms with Gasteiger partial charge in [0.2, 0.25) is 17.5 Å². The van der Waals surface area contributed by atoms with Gasteiger partial charge in [-0.05, 0) is 12.1 Å². The molecule has 4 aliphatic heterocycles. The van der Waals surface area contributed by atoms with Gasteiger partial charge < -0.3 is 39.2 Å². The molecule has 5 aliphatic rings. The molecule has 0 bridgehead atoms. The molecule has 2 amide bonds. The van der Waals surface area contributed by atoms with Gasteiger partial charge in [0, 0.05) is 36.8 Å². The first-order chi connectivity index (χ1) is 18.7. The summed E-state index contributed by atoms with van der Waals surface area (Å²) in [6, 6.07) is 6.77. The number of ether oxygens (including phenoxy) is 5. The molecule has 3 saturated heterocycles. The van der Waals surface area contributed by atoms with Gasteiger partial charge in [-0.2, -0.15) is 0 Å². The number of amides is 2. The SMILES string of the molecule is COc1ccccc1SCC1C(=O)C2=C(C(=O)C13OCCO3)[C@@H](COC(N)=O)[C@@]1(OC)[C@@H]3[C@H](CN21)N3C(C)=O. The van der Waals surface area contributed by atoms with Crippen LogP contribution in [0.3, 0.4) is 0 Å². The molecule has 6 rings (SSSR count). The summed E-state index contributed by atoms with van der Waals surface area (Å²) in [6.45, 7) is 1.72. The van der Waals surface area contributed by atoms with E-state index in [1.165, 1.54) is 25.8 Å². The number of allylic oxidation sites excluding steroid dienone is 1. The second-order valence-corrected chi connectivity index (χ2v) is 11.1. The Hall–Kier alpha value is -3.13. The van der Waals surface area contributed by atoms with E-state index in [9.17, 15) is 19.2 Å². The minimum Gasteiger partial charge on any atom is -0.496 e. The summed E-state index contributed by atoms with van der Waals surface area (Å²) in [4.78, 5) is 57.0. The number of rotatable bonds is 7. The molecule has 39 heavy (non-hydrogen) atoms. The van der Waals surface area contributed by atoms with Gasteiger partial charge in [-0.25, -0.2) is 4.79 Å². The number of Topliss-reactive ketones (excluding diaryl/α,β-unsaturated/α-hetero) is 2. The van der Waals surface area contributed by atoms with Crippen molar-refractivity contribution in [1.29, 1.82) is 0 Å². The Morgan fingerprint density at radius 2 is 1.87 bits per heavy atom. The van der Waals surface area contributed by atoms with E-state index in [1.54, 1.807) is 16.9 Å². The number of para-hydroxylation sites is 1. The van der Waals surface area contributed by atoms with Gasteiger partial charge in [0.05, 0.1) is 43.9 Å². The Morgan fingerprint density at radius 3 is 2.51 bits per heavy atom. The van der Waals surface area contributed by atoms with E-state index >= 15 is 0 Å². The topological polar surface area (TPSA) is 147 Å². The summed E-state index contributed by atoms with van der Waals surface area (Å²) >= 11 is 1.37. The molecule has 1 unspecified atom stereocenters. The lowest BCUT2D eigenvalue weighted by molar-refractivity contribution is -0.197. The molecule has 0 radical (unpaired) electrons. The lowest BCUT2D eigenvalue weighted by Gasteiger charge is -2.41. The average Bonchev–Trinajstić information content (AvgIpc) is 3.19. The van der Waals surface area contributed by atoms with Crippen LogP contribution in [0.15, 0.2) is 40.4 Å². The number of ketones is 2. The fraction of sp³-hybridized carbons (Fsp3) is 0.538. The van der Waals surface area contributed by atoms with E-state index in [-0.39, 0.29) is 54.6 Å². The van der Waals surface area contributed by atoms with Crippen molar-refractivity contribution in [3.8, 4) is 5.75 Å². The number of thioether (sulfide) groups is 1. The molecule has 12 nitrogen and oxygen atoms in total. The van der Waals surface area contributed by atoms with Gasteiger partial charge >= 0.3 is 6.09 Å². The first-order valence-corrected chi connectivity index (χ1v) is 13.6. The van der Waals surface area contributed by atoms with E-state index in [1.807, 2.05) is 24.3 Å². The zero-order valence-corrected chi connectivity index (χ0v) is 22.5. The number of methoxy groups -OCH3 is 2. The lowest BCUT2D eigenvalue weighted by Crippen LogP contribution is -2.56. The first kappa shape index (κ1) is 26.1. The number of nitrogens with two attached hydrogens (primary N) is 1. The number of carbonyl (C=O) groups is 4. The van der Waals surface area contributed by atoms with Gasteiger partial charge in [0.1, 0.15) is 18.4 Å². The summed E-state index contributed by atoms with van der Waals surface area (Å²) in [6.07, 6.45) is -1.03. The summed E-state index contributed by atoms with van der Waals surface area (Å²) in [5.74, 6) is -3.84. The van der Waals surface area contributed by atoms with Crippen LogP contribution >= 0.6 is 11.8 Å². The maximum Gasteiger partial charge on any atom is 0.404 e. The molecule has 13 heteroatoms. The Bertz CT molecular complexity index is 1290. The Morgan fingerprint density at radius 1 is 1.15 bits per heavy atom.